The van der Waals surface area contributed by atoms with Crippen LogP contribution in [-0.2, 0) is 9.59 Å². The van der Waals surface area contributed by atoms with Crippen molar-refractivity contribution in [3.63, 3.8) is 0 Å². The Kier molecular flexibility index (Phi) is 4.13. The van der Waals surface area contributed by atoms with Crippen molar-refractivity contribution in [3.05, 3.63) is 22.7 Å². The molecule has 2 atom stereocenters. The Hall–Kier alpha value is -1.77. The molecule has 9 heteroatoms. The first-order chi connectivity index (χ1) is 9.67. The predicted octanol–water partition coefficient (Wildman–Crippen LogP) is 3.01. The summed E-state index contributed by atoms with van der Waals surface area (Å²) in [6.45, 7) is 0. The molecule has 1 amide bonds. The van der Waals surface area contributed by atoms with E-state index in [2.05, 4.69) is 26.0 Å². The fourth-order valence-corrected chi connectivity index (χ4v) is 2.24. The number of nitrogens with one attached hydrogen (secondary N) is 1. The molecule has 2 N–H and O–H groups in total. The molecule has 0 aliphatic heterocycles. The Morgan fingerprint density at radius 1 is 1.33 bits per heavy atom. The van der Waals surface area contributed by atoms with Crippen LogP contribution < -0.4 is 10.1 Å². The van der Waals surface area contributed by atoms with E-state index < -0.39 is 35.8 Å². The maximum Gasteiger partial charge on any atom is 0.573 e. The van der Waals surface area contributed by atoms with Crippen molar-refractivity contribution < 1.29 is 32.6 Å². The van der Waals surface area contributed by atoms with Gasteiger partial charge in [0.25, 0.3) is 0 Å². The SMILES string of the molecule is O=C(O)[C@H]1C[C@H]1C(=O)Nc1ccc(OC(F)(F)F)c(Br)c1. The van der Waals surface area contributed by atoms with Gasteiger partial charge < -0.3 is 15.2 Å². The molecular weight excluding hydrogens is 359 g/mol. The third-order valence-electron chi connectivity index (χ3n) is 2.87. The maximum atomic E-state index is 12.1. The average molecular weight is 368 g/mol. The van der Waals surface area contributed by atoms with E-state index in [4.69, 9.17) is 5.11 Å². The number of hydrogen-bond donors (Lipinski definition) is 2. The van der Waals surface area contributed by atoms with Gasteiger partial charge in [0.05, 0.1) is 16.3 Å². The van der Waals surface area contributed by atoms with Gasteiger partial charge in [0.1, 0.15) is 5.75 Å². The summed E-state index contributed by atoms with van der Waals surface area (Å²) in [5, 5.41) is 11.2. The minimum absolute atomic E-state index is 0.0169. The average Bonchev–Trinajstić information content (AvgIpc) is 3.11. The van der Waals surface area contributed by atoms with Crippen LogP contribution in [0.1, 0.15) is 6.42 Å². The molecule has 0 aromatic heterocycles. The van der Waals surface area contributed by atoms with Gasteiger partial charge in [-0.25, -0.2) is 0 Å². The monoisotopic (exact) mass is 367 g/mol. The molecule has 0 saturated heterocycles. The molecule has 114 valence electrons. The Bertz CT molecular complexity index is 590. The minimum Gasteiger partial charge on any atom is -0.481 e. The zero-order valence-electron chi connectivity index (χ0n) is 10.3. The molecule has 0 heterocycles. The van der Waals surface area contributed by atoms with E-state index in [9.17, 15) is 22.8 Å². The predicted molar refractivity (Wildman–Crippen MR) is 68.7 cm³/mol. The summed E-state index contributed by atoms with van der Waals surface area (Å²) in [6, 6.07) is 3.54. The molecule has 1 aromatic rings. The molecular formula is C12H9BrF3NO4. The fraction of sp³-hybridized carbons (Fsp3) is 0.333. The molecule has 1 aromatic carbocycles. The largest absolute Gasteiger partial charge is 0.573 e. The van der Waals surface area contributed by atoms with Crippen molar-refractivity contribution >= 4 is 33.5 Å². The molecule has 1 aliphatic carbocycles. The number of hydrogen-bond acceptors (Lipinski definition) is 3. The number of carbonyl (C=O) groups is 2. The number of amides is 1. The lowest BCUT2D eigenvalue weighted by molar-refractivity contribution is -0.274. The lowest BCUT2D eigenvalue weighted by Crippen LogP contribution is -2.18. The standard InChI is InChI=1S/C12H9BrF3NO4/c13-8-3-5(1-2-9(8)21-12(14,15)16)17-10(18)6-4-7(6)11(19)20/h1-3,6-7H,4H2,(H,17,18)(H,19,20)/t6-,7+/m1/s1. The van der Waals surface area contributed by atoms with Gasteiger partial charge in [-0.2, -0.15) is 0 Å². The second kappa shape index (κ2) is 5.55. The van der Waals surface area contributed by atoms with Crippen molar-refractivity contribution in [1.29, 1.82) is 0 Å². The van der Waals surface area contributed by atoms with E-state index in [0.29, 0.717) is 0 Å². The number of alkyl halides is 3. The molecule has 0 radical (unpaired) electrons. The van der Waals surface area contributed by atoms with Crippen molar-refractivity contribution in [3.8, 4) is 5.75 Å². The van der Waals surface area contributed by atoms with Crippen LogP contribution in [0.3, 0.4) is 0 Å². The lowest BCUT2D eigenvalue weighted by Gasteiger charge is -2.12. The van der Waals surface area contributed by atoms with Crippen molar-refractivity contribution in [2.45, 2.75) is 12.8 Å². The zero-order chi connectivity index (χ0) is 15.8. The highest BCUT2D eigenvalue weighted by Gasteiger charge is 2.48. The molecule has 1 fully saturated rings. The number of carboxylic acids is 1. The molecule has 1 aliphatic rings. The van der Waals surface area contributed by atoms with Crippen molar-refractivity contribution in [1.82, 2.24) is 0 Å². The topological polar surface area (TPSA) is 75.6 Å². The van der Waals surface area contributed by atoms with Crippen LogP contribution in [0.2, 0.25) is 0 Å². The number of aliphatic carboxylic acids is 1. The second-order valence-corrected chi connectivity index (χ2v) is 5.32. The van der Waals surface area contributed by atoms with Crippen LogP contribution in [0.4, 0.5) is 18.9 Å². The first-order valence-electron chi connectivity index (χ1n) is 5.76. The summed E-state index contributed by atoms with van der Waals surface area (Å²) in [5.74, 6) is -3.24. The number of rotatable bonds is 4. The van der Waals surface area contributed by atoms with Gasteiger partial charge in [0.15, 0.2) is 0 Å². The van der Waals surface area contributed by atoms with Gasteiger partial charge in [-0.15, -0.1) is 13.2 Å². The lowest BCUT2D eigenvalue weighted by atomic mass is 10.2. The number of carboxylic acid groups (broad SMARTS) is 1. The van der Waals surface area contributed by atoms with E-state index >= 15 is 0 Å². The van der Waals surface area contributed by atoms with Gasteiger partial charge in [0.2, 0.25) is 5.91 Å². The molecule has 21 heavy (non-hydrogen) atoms. The van der Waals surface area contributed by atoms with Crippen LogP contribution in [0.5, 0.6) is 5.75 Å². The van der Waals surface area contributed by atoms with E-state index in [1.54, 1.807) is 0 Å². The third kappa shape index (κ3) is 4.10. The molecule has 0 bridgehead atoms. The van der Waals surface area contributed by atoms with Crippen LogP contribution in [0, 0.1) is 11.8 Å². The van der Waals surface area contributed by atoms with Gasteiger partial charge in [-0.3, -0.25) is 9.59 Å². The van der Waals surface area contributed by atoms with Crippen molar-refractivity contribution in [2.75, 3.05) is 5.32 Å². The maximum absolute atomic E-state index is 12.1. The zero-order valence-corrected chi connectivity index (χ0v) is 11.9. The third-order valence-corrected chi connectivity index (χ3v) is 3.49. The highest BCUT2D eigenvalue weighted by molar-refractivity contribution is 9.10. The number of carbonyl (C=O) groups excluding carboxylic acids is 1. The van der Waals surface area contributed by atoms with Gasteiger partial charge in [-0.05, 0) is 40.5 Å². The number of benzene rings is 1. The molecule has 0 spiro atoms. The number of anilines is 1. The number of halogens is 4. The van der Waals surface area contributed by atoms with Crippen LogP contribution >= 0.6 is 15.9 Å². The smallest absolute Gasteiger partial charge is 0.481 e. The summed E-state index contributed by atoms with van der Waals surface area (Å²) in [6.07, 6.45) is -4.55. The van der Waals surface area contributed by atoms with Crippen LogP contribution in [0.15, 0.2) is 22.7 Å². The Balaban J connectivity index is 2.01. The number of ether oxygens (including phenoxy) is 1. The Morgan fingerprint density at radius 3 is 2.48 bits per heavy atom. The van der Waals surface area contributed by atoms with E-state index in [-0.39, 0.29) is 16.6 Å². The highest BCUT2D eigenvalue weighted by Crippen LogP contribution is 2.40. The summed E-state index contributed by atoms with van der Waals surface area (Å²) in [4.78, 5) is 22.4. The summed E-state index contributed by atoms with van der Waals surface area (Å²) in [5.41, 5.74) is 0.248. The minimum atomic E-state index is -4.81. The molecule has 0 unspecified atom stereocenters. The van der Waals surface area contributed by atoms with Gasteiger partial charge in [-0.1, -0.05) is 0 Å². The molecule has 5 nitrogen and oxygen atoms in total. The fourth-order valence-electron chi connectivity index (χ4n) is 1.78. The Labute approximate surface area is 125 Å². The van der Waals surface area contributed by atoms with Crippen LogP contribution in [0.25, 0.3) is 0 Å². The molecule has 1 saturated carbocycles. The van der Waals surface area contributed by atoms with Crippen LogP contribution in [-0.4, -0.2) is 23.3 Å². The Morgan fingerprint density at radius 2 is 2.00 bits per heavy atom. The van der Waals surface area contributed by atoms with Gasteiger partial charge >= 0.3 is 12.3 Å². The van der Waals surface area contributed by atoms with E-state index in [1.807, 2.05) is 0 Å². The summed E-state index contributed by atoms with van der Waals surface area (Å²) in [7, 11) is 0. The van der Waals surface area contributed by atoms with Crippen molar-refractivity contribution in [2.24, 2.45) is 11.8 Å². The quantitative estimate of drug-likeness (QED) is 0.857. The van der Waals surface area contributed by atoms with Gasteiger partial charge in [0, 0.05) is 5.69 Å². The highest BCUT2D eigenvalue weighted by atomic mass is 79.9. The first-order valence-corrected chi connectivity index (χ1v) is 6.55. The first kappa shape index (κ1) is 15.6. The van der Waals surface area contributed by atoms with E-state index in [1.165, 1.54) is 12.1 Å². The summed E-state index contributed by atoms with van der Waals surface area (Å²) < 4.78 is 40.1. The normalized spacial score (nSPS) is 20.8. The summed E-state index contributed by atoms with van der Waals surface area (Å²) >= 11 is 2.91. The molecule has 2 rings (SSSR count). The second-order valence-electron chi connectivity index (χ2n) is 4.47. The van der Waals surface area contributed by atoms with E-state index in [0.717, 1.165) is 6.07 Å².